The minimum Gasteiger partial charge on any atom is -0.489 e. The Bertz CT molecular complexity index is 944. The molecule has 4 heterocycles. The molecule has 2 aliphatic rings. The molecule has 1 unspecified atom stereocenters. The van der Waals surface area contributed by atoms with E-state index in [-0.39, 0.29) is 0 Å². The van der Waals surface area contributed by atoms with Gasteiger partial charge >= 0.3 is 0 Å². The molecule has 0 saturated carbocycles. The maximum Gasteiger partial charge on any atom is 0.180 e. The van der Waals surface area contributed by atoms with Gasteiger partial charge in [0.25, 0.3) is 0 Å². The SMILES string of the molecule is Brc1cn2ccnc2c(Nc2ccc3c(c2)OCC2COCCN32)n1. The van der Waals surface area contributed by atoms with Crippen LogP contribution in [0.15, 0.2) is 41.4 Å². The summed E-state index contributed by atoms with van der Waals surface area (Å²) in [7, 11) is 0. The van der Waals surface area contributed by atoms with Crippen molar-refractivity contribution < 1.29 is 9.47 Å². The highest BCUT2D eigenvalue weighted by atomic mass is 79.9. The summed E-state index contributed by atoms with van der Waals surface area (Å²) in [5.41, 5.74) is 2.81. The Hall–Kier alpha value is -2.32. The van der Waals surface area contributed by atoms with Crippen molar-refractivity contribution in [3.8, 4) is 5.75 Å². The van der Waals surface area contributed by atoms with Crippen LogP contribution in [-0.4, -0.2) is 46.8 Å². The van der Waals surface area contributed by atoms with Gasteiger partial charge in [0.15, 0.2) is 11.5 Å². The fourth-order valence-corrected chi connectivity index (χ4v) is 3.76. The van der Waals surface area contributed by atoms with E-state index in [0.717, 1.165) is 47.1 Å². The number of fused-ring (bicyclic) bond motifs is 4. The van der Waals surface area contributed by atoms with Crippen molar-refractivity contribution in [3.63, 3.8) is 0 Å². The van der Waals surface area contributed by atoms with Crippen LogP contribution in [0.25, 0.3) is 5.65 Å². The molecule has 2 aliphatic heterocycles. The fraction of sp³-hybridized carbons (Fsp3) is 0.294. The van der Waals surface area contributed by atoms with Crippen LogP contribution in [-0.2, 0) is 4.74 Å². The van der Waals surface area contributed by atoms with E-state index < -0.39 is 0 Å². The number of morpholine rings is 1. The smallest absolute Gasteiger partial charge is 0.180 e. The summed E-state index contributed by atoms with van der Waals surface area (Å²) in [5.74, 6) is 1.58. The van der Waals surface area contributed by atoms with E-state index in [4.69, 9.17) is 9.47 Å². The van der Waals surface area contributed by atoms with Gasteiger partial charge in [-0.1, -0.05) is 0 Å². The molecule has 3 aromatic rings. The molecule has 5 rings (SSSR count). The van der Waals surface area contributed by atoms with Crippen LogP contribution >= 0.6 is 15.9 Å². The average molecular weight is 402 g/mol. The molecule has 1 N–H and O–H groups in total. The molecular formula is C17H16BrN5O2. The summed E-state index contributed by atoms with van der Waals surface area (Å²) >= 11 is 3.44. The quantitative estimate of drug-likeness (QED) is 0.712. The van der Waals surface area contributed by atoms with E-state index in [1.807, 2.05) is 28.9 Å². The minimum absolute atomic E-state index is 0.302. The molecule has 1 fully saturated rings. The van der Waals surface area contributed by atoms with Crippen LogP contribution in [0.5, 0.6) is 5.75 Å². The Morgan fingerprint density at radius 2 is 2.24 bits per heavy atom. The molecule has 1 aromatic carbocycles. The molecule has 0 bridgehead atoms. The third-order valence-electron chi connectivity index (χ3n) is 4.54. The van der Waals surface area contributed by atoms with E-state index in [1.165, 1.54) is 0 Å². The zero-order valence-corrected chi connectivity index (χ0v) is 14.9. The number of halogens is 1. The second-order valence-corrected chi connectivity index (χ2v) is 6.92. The van der Waals surface area contributed by atoms with E-state index in [0.29, 0.717) is 18.5 Å². The summed E-state index contributed by atoms with van der Waals surface area (Å²) < 4.78 is 14.2. The van der Waals surface area contributed by atoms with Crippen LogP contribution < -0.4 is 15.0 Å². The number of hydrogen-bond acceptors (Lipinski definition) is 6. The molecule has 128 valence electrons. The first-order chi connectivity index (χ1) is 12.3. The maximum absolute atomic E-state index is 5.96. The highest BCUT2D eigenvalue weighted by Crippen LogP contribution is 2.37. The maximum atomic E-state index is 5.96. The number of anilines is 3. The zero-order valence-electron chi connectivity index (χ0n) is 13.4. The predicted octanol–water partition coefficient (Wildman–Crippen LogP) is 2.83. The van der Waals surface area contributed by atoms with Gasteiger partial charge < -0.3 is 24.1 Å². The van der Waals surface area contributed by atoms with Crippen molar-refractivity contribution in [2.45, 2.75) is 6.04 Å². The highest BCUT2D eigenvalue weighted by Gasteiger charge is 2.30. The van der Waals surface area contributed by atoms with Crippen LogP contribution in [0.4, 0.5) is 17.2 Å². The van der Waals surface area contributed by atoms with Crippen LogP contribution in [0.2, 0.25) is 0 Å². The third kappa shape index (κ3) is 2.61. The van der Waals surface area contributed by atoms with Gasteiger partial charge in [0.05, 0.1) is 24.9 Å². The topological polar surface area (TPSA) is 63.9 Å². The van der Waals surface area contributed by atoms with Crippen LogP contribution in [0.1, 0.15) is 0 Å². The molecule has 1 atom stereocenters. The van der Waals surface area contributed by atoms with Crippen molar-refractivity contribution >= 4 is 38.8 Å². The molecule has 2 aromatic heterocycles. The molecular weight excluding hydrogens is 386 g/mol. The summed E-state index contributed by atoms with van der Waals surface area (Å²) in [5, 5.41) is 3.35. The Balaban J connectivity index is 1.48. The Kier molecular flexibility index (Phi) is 3.53. The van der Waals surface area contributed by atoms with Gasteiger partial charge in [-0.2, -0.15) is 0 Å². The highest BCUT2D eigenvalue weighted by molar-refractivity contribution is 9.10. The monoisotopic (exact) mass is 401 g/mol. The first-order valence-electron chi connectivity index (χ1n) is 8.15. The number of imidazole rings is 1. The lowest BCUT2D eigenvalue weighted by atomic mass is 10.1. The van der Waals surface area contributed by atoms with Gasteiger partial charge in [-0.05, 0) is 28.1 Å². The first-order valence-corrected chi connectivity index (χ1v) is 8.95. The lowest BCUT2D eigenvalue weighted by Gasteiger charge is -2.41. The van der Waals surface area contributed by atoms with Gasteiger partial charge in [-0.15, -0.1) is 0 Å². The average Bonchev–Trinajstić information content (AvgIpc) is 3.10. The molecule has 7 nitrogen and oxygen atoms in total. The lowest BCUT2D eigenvalue weighted by molar-refractivity contribution is 0.0705. The summed E-state index contributed by atoms with van der Waals surface area (Å²) in [6.45, 7) is 3.03. The van der Waals surface area contributed by atoms with Gasteiger partial charge in [0.2, 0.25) is 0 Å². The molecule has 1 saturated heterocycles. The van der Waals surface area contributed by atoms with Crippen molar-refractivity contribution in [2.75, 3.05) is 36.6 Å². The standard InChI is InChI=1S/C17H16BrN5O2/c18-15-8-22-4-3-19-17(22)16(21-15)20-11-1-2-13-14(7-11)25-10-12-9-24-6-5-23(12)13/h1-4,7-8,12H,5-6,9-10H2,(H,20,21). The van der Waals surface area contributed by atoms with E-state index >= 15 is 0 Å². The van der Waals surface area contributed by atoms with Gasteiger partial charge in [-0.25, -0.2) is 9.97 Å². The number of aromatic nitrogens is 3. The second-order valence-electron chi connectivity index (χ2n) is 6.11. The molecule has 25 heavy (non-hydrogen) atoms. The van der Waals surface area contributed by atoms with Crippen LogP contribution in [0.3, 0.4) is 0 Å². The summed E-state index contributed by atoms with van der Waals surface area (Å²) in [6, 6.07) is 6.46. The van der Waals surface area contributed by atoms with Crippen molar-refractivity contribution in [1.82, 2.24) is 14.4 Å². The Labute approximate surface area is 152 Å². The third-order valence-corrected chi connectivity index (χ3v) is 4.92. The predicted molar refractivity (Wildman–Crippen MR) is 97.9 cm³/mol. The fourth-order valence-electron chi connectivity index (χ4n) is 3.36. The van der Waals surface area contributed by atoms with Gasteiger partial charge in [0.1, 0.15) is 17.0 Å². The molecule has 0 radical (unpaired) electrons. The van der Waals surface area contributed by atoms with E-state index in [2.05, 4.69) is 42.2 Å². The van der Waals surface area contributed by atoms with Crippen molar-refractivity contribution in [3.05, 3.63) is 41.4 Å². The van der Waals surface area contributed by atoms with Crippen LogP contribution in [0, 0.1) is 0 Å². The van der Waals surface area contributed by atoms with E-state index in [9.17, 15) is 0 Å². The molecule has 8 heteroatoms. The first kappa shape index (κ1) is 15.0. The van der Waals surface area contributed by atoms with Crippen molar-refractivity contribution in [1.29, 1.82) is 0 Å². The number of rotatable bonds is 2. The van der Waals surface area contributed by atoms with E-state index in [1.54, 1.807) is 6.20 Å². The summed E-state index contributed by atoms with van der Waals surface area (Å²) in [6.07, 6.45) is 5.52. The molecule has 0 spiro atoms. The minimum atomic E-state index is 0.302. The number of hydrogen-bond donors (Lipinski definition) is 1. The normalized spacial score (nSPS) is 19.2. The summed E-state index contributed by atoms with van der Waals surface area (Å²) in [4.78, 5) is 11.2. The van der Waals surface area contributed by atoms with Crippen molar-refractivity contribution in [2.24, 2.45) is 0 Å². The molecule has 0 amide bonds. The number of nitrogens with one attached hydrogen (secondary N) is 1. The zero-order chi connectivity index (χ0) is 16.8. The number of ether oxygens (including phenoxy) is 2. The number of benzene rings is 1. The Morgan fingerprint density at radius 1 is 1.28 bits per heavy atom. The lowest BCUT2D eigenvalue weighted by Crippen LogP contribution is -2.51. The number of nitrogens with zero attached hydrogens (tertiary/aromatic N) is 4. The molecule has 0 aliphatic carbocycles. The largest absolute Gasteiger partial charge is 0.489 e. The van der Waals surface area contributed by atoms with Gasteiger partial charge in [0, 0.05) is 36.9 Å². The second kappa shape index (κ2) is 5.89. The Morgan fingerprint density at radius 3 is 3.20 bits per heavy atom. The van der Waals surface area contributed by atoms with Gasteiger partial charge in [-0.3, -0.25) is 0 Å².